The first-order chi connectivity index (χ1) is 7.29. The fraction of sp³-hybridized carbons (Fsp3) is 0.583. The summed E-state index contributed by atoms with van der Waals surface area (Å²) in [4.78, 5) is 6.52. The smallest absolute Gasteiger partial charge is 0.0921 e. The van der Waals surface area contributed by atoms with Gasteiger partial charge in [0, 0.05) is 38.4 Å². The molecular formula is C12H18N3. The molecule has 81 valence electrons. The Morgan fingerprint density at radius 3 is 2.87 bits per heavy atom. The number of rotatable bonds is 2. The van der Waals surface area contributed by atoms with Crippen molar-refractivity contribution in [2.45, 2.75) is 19.9 Å². The van der Waals surface area contributed by atoms with E-state index in [0.29, 0.717) is 6.04 Å². The molecule has 1 aliphatic rings. The van der Waals surface area contributed by atoms with Crippen LogP contribution in [-0.4, -0.2) is 36.1 Å². The van der Waals surface area contributed by atoms with Crippen molar-refractivity contribution in [1.29, 1.82) is 0 Å². The highest BCUT2D eigenvalue weighted by Gasteiger charge is 2.18. The van der Waals surface area contributed by atoms with Crippen molar-refractivity contribution in [2.75, 3.05) is 26.2 Å². The molecule has 0 aromatic carbocycles. The summed E-state index contributed by atoms with van der Waals surface area (Å²) in [5.41, 5.74) is 2.52. The van der Waals surface area contributed by atoms with E-state index in [9.17, 15) is 0 Å². The van der Waals surface area contributed by atoms with Gasteiger partial charge in [0.25, 0.3) is 0 Å². The predicted octanol–water partition coefficient (Wildman–Crippen LogP) is 1.16. The maximum absolute atomic E-state index is 4.02. The Morgan fingerprint density at radius 1 is 1.47 bits per heavy atom. The van der Waals surface area contributed by atoms with Gasteiger partial charge in [-0.15, -0.1) is 0 Å². The molecular weight excluding hydrogens is 186 g/mol. The lowest BCUT2D eigenvalue weighted by molar-refractivity contribution is 0.185. The van der Waals surface area contributed by atoms with Crippen molar-refractivity contribution >= 4 is 0 Å². The highest BCUT2D eigenvalue weighted by molar-refractivity contribution is 5.24. The van der Waals surface area contributed by atoms with Crippen LogP contribution >= 0.6 is 0 Å². The SMILES string of the molecule is Cc1[c]nccc1C(C)N1CCNCC1. The van der Waals surface area contributed by atoms with Gasteiger partial charge in [-0.05, 0) is 31.0 Å². The molecule has 1 atom stereocenters. The van der Waals surface area contributed by atoms with Crippen LogP contribution in [0.25, 0.3) is 0 Å². The van der Waals surface area contributed by atoms with Crippen LogP contribution in [0, 0.1) is 13.1 Å². The first-order valence-corrected chi connectivity index (χ1v) is 5.57. The van der Waals surface area contributed by atoms with E-state index in [4.69, 9.17) is 0 Å². The van der Waals surface area contributed by atoms with E-state index in [2.05, 4.69) is 41.3 Å². The van der Waals surface area contributed by atoms with Gasteiger partial charge < -0.3 is 5.32 Å². The zero-order chi connectivity index (χ0) is 10.7. The van der Waals surface area contributed by atoms with E-state index in [0.717, 1.165) is 26.2 Å². The Labute approximate surface area is 91.5 Å². The standard InChI is InChI=1S/C12H18N3/c1-10-9-14-4-3-12(10)11(2)15-7-5-13-6-8-15/h3-4,11,13H,5-8H2,1-2H3. The highest BCUT2D eigenvalue weighted by Crippen LogP contribution is 2.22. The Balaban J connectivity index is 2.12. The monoisotopic (exact) mass is 204 g/mol. The summed E-state index contributed by atoms with van der Waals surface area (Å²) in [5, 5.41) is 3.37. The molecule has 0 spiro atoms. The first-order valence-electron chi connectivity index (χ1n) is 5.57. The summed E-state index contributed by atoms with van der Waals surface area (Å²) in [5.74, 6) is 0. The fourth-order valence-corrected chi connectivity index (χ4v) is 2.16. The van der Waals surface area contributed by atoms with Gasteiger partial charge in [0.15, 0.2) is 0 Å². The molecule has 0 aliphatic carbocycles. The number of aromatic nitrogens is 1. The quantitative estimate of drug-likeness (QED) is 0.783. The third-order valence-electron chi connectivity index (χ3n) is 3.14. The molecule has 1 fully saturated rings. The van der Waals surface area contributed by atoms with E-state index in [1.165, 1.54) is 11.1 Å². The lowest BCUT2D eigenvalue weighted by Gasteiger charge is -2.33. The molecule has 1 unspecified atom stereocenters. The van der Waals surface area contributed by atoms with Gasteiger partial charge in [-0.3, -0.25) is 9.88 Å². The van der Waals surface area contributed by atoms with E-state index >= 15 is 0 Å². The lowest BCUT2D eigenvalue weighted by Crippen LogP contribution is -2.44. The summed E-state index contributed by atoms with van der Waals surface area (Å²) in [6.07, 6.45) is 4.86. The Hall–Kier alpha value is -0.930. The third-order valence-corrected chi connectivity index (χ3v) is 3.14. The summed E-state index contributed by atoms with van der Waals surface area (Å²) >= 11 is 0. The van der Waals surface area contributed by atoms with Gasteiger partial charge in [0.05, 0.1) is 6.20 Å². The molecule has 2 heterocycles. The number of nitrogens with zero attached hydrogens (tertiary/aromatic N) is 2. The number of piperazine rings is 1. The van der Waals surface area contributed by atoms with Crippen molar-refractivity contribution in [3.63, 3.8) is 0 Å². The van der Waals surface area contributed by atoms with Crippen molar-refractivity contribution in [3.05, 3.63) is 29.6 Å². The van der Waals surface area contributed by atoms with Gasteiger partial charge in [-0.1, -0.05) is 0 Å². The third kappa shape index (κ3) is 2.36. The summed E-state index contributed by atoms with van der Waals surface area (Å²) in [7, 11) is 0. The van der Waals surface area contributed by atoms with Crippen LogP contribution in [0.2, 0.25) is 0 Å². The highest BCUT2D eigenvalue weighted by atomic mass is 15.2. The first kappa shape index (κ1) is 10.6. The van der Waals surface area contributed by atoms with Gasteiger partial charge in [-0.2, -0.15) is 0 Å². The van der Waals surface area contributed by atoms with Crippen molar-refractivity contribution in [2.24, 2.45) is 0 Å². The summed E-state index contributed by atoms with van der Waals surface area (Å²) < 4.78 is 0. The molecule has 1 aromatic heterocycles. The minimum Gasteiger partial charge on any atom is -0.314 e. The predicted molar refractivity (Wildman–Crippen MR) is 60.7 cm³/mol. The number of pyridine rings is 1. The van der Waals surface area contributed by atoms with Crippen molar-refractivity contribution in [1.82, 2.24) is 15.2 Å². The molecule has 0 saturated carbocycles. The second-order valence-electron chi connectivity index (χ2n) is 4.10. The van der Waals surface area contributed by atoms with Crippen LogP contribution in [0.5, 0.6) is 0 Å². The minimum atomic E-state index is 0.478. The number of hydrogen-bond acceptors (Lipinski definition) is 3. The van der Waals surface area contributed by atoms with Crippen molar-refractivity contribution < 1.29 is 0 Å². The molecule has 2 rings (SSSR count). The molecule has 1 radical (unpaired) electrons. The van der Waals surface area contributed by atoms with E-state index in [-0.39, 0.29) is 0 Å². The molecule has 15 heavy (non-hydrogen) atoms. The minimum absolute atomic E-state index is 0.478. The zero-order valence-electron chi connectivity index (χ0n) is 9.45. The summed E-state index contributed by atoms with van der Waals surface area (Å²) in [6.45, 7) is 8.80. The summed E-state index contributed by atoms with van der Waals surface area (Å²) in [6, 6.07) is 2.59. The Bertz CT molecular complexity index is 318. The second kappa shape index (κ2) is 4.73. The second-order valence-corrected chi connectivity index (χ2v) is 4.10. The molecule has 1 saturated heterocycles. The molecule has 1 aliphatic heterocycles. The van der Waals surface area contributed by atoms with Crippen LogP contribution in [0.1, 0.15) is 24.1 Å². The van der Waals surface area contributed by atoms with Gasteiger partial charge in [0.2, 0.25) is 0 Å². The Morgan fingerprint density at radius 2 is 2.20 bits per heavy atom. The normalized spacial score (nSPS) is 20.1. The maximum atomic E-state index is 4.02. The number of hydrogen-bond donors (Lipinski definition) is 1. The van der Waals surface area contributed by atoms with Gasteiger partial charge in [-0.25, -0.2) is 0 Å². The van der Waals surface area contributed by atoms with Crippen LogP contribution < -0.4 is 5.32 Å². The van der Waals surface area contributed by atoms with E-state index in [1.54, 1.807) is 0 Å². The maximum Gasteiger partial charge on any atom is 0.0921 e. The fourth-order valence-electron chi connectivity index (χ4n) is 2.16. The number of aryl methyl sites for hydroxylation is 1. The van der Waals surface area contributed by atoms with Gasteiger partial charge in [0.1, 0.15) is 0 Å². The molecule has 1 aromatic rings. The molecule has 1 N–H and O–H groups in total. The number of nitrogens with one attached hydrogen (secondary N) is 1. The van der Waals surface area contributed by atoms with Gasteiger partial charge >= 0.3 is 0 Å². The van der Waals surface area contributed by atoms with Crippen LogP contribution in [0.15, 0.2) is 12.3 Å². The van der Waals surface area contributed by atoms with Crippen LogP contribution in [0.3, 0.4) is 0 Å². The molecule has 3 heteroatoms. The average molecular weight is 204 g/mol. The molecule has 0 bridgehead atoms. The molecule has 3 nitrogen and oxygen atoms in total. The zero-order valence-corrected chi connectivity index (χ0v) is 9.45. The van der Waals surface area contributed by atoms with Crippen LogP contribution in [0.4, 0.5) is 0 Å². The van der Waals surface area contributed by atoms with E-state index in [1.807, 2.05) is 6.20 Å². The average Bonchev–Trinajstić information content (AvgIpc) is 2.30. The largest absolute Gasteiger partial charge is 0.314 e. The van der Waals surface area contributed by atoms with E-state index < -0.39 is 0 Å². The topological polar surface area (TPSA) is 28.2 Å². The lowest BCUT2D eigenvalue weighted by atomic mass is 10.0. The Kier molecular flexibility index (Phi) is 3.34. The molecule has 0 amide bonds. The van der Waals surface area contributed by atoms with Crippen molar-refractivity contribution in [3.8, 4) is 0 Å². The van der Waals surface area contributed by atoms with Crippen LogP contribution in [-0.2, 0) is 0 Å².